The van der Waals surface area contributed by atoms with E-state index >= 15 is 0 Å². The molecule has 0 unspecified atom stereocenters. The minimum Gasteiger partial charge on any atom is -0.378 e. The molecule has 0 N–H and O–H groups in total. The van der Waals surface area contributed by atoms with Crippen LogP contribution in [0.25, 0.3) is 6.08 Å². The van der Waals surface area contributed by atoms with Gasteiger partial charge in [0.2, 0.25) is 11.8 Å². The topological polar surface area (TPSA) is 43.9 Å². The second kappa shape index (κ2) is 7.51. The molecular weight excluding hydrogens is 314 g/mol. The molecule has 1 saturated heterocycles. The van der Waals surface area contributed by atoms with Crippen LogP contribution in [0.4, 0.5) is 5.69 Å². The summed E-state index contributed by atoms with van der Waals surface area (Å²) in [5.74, 6) is 0.00126. The van der Waals surface area contributed by atoms with Crippen LogP contribution in [0.15, 0.2) is 24.3 Å². The van der Waals surface area contributed by atoms with Crippen LogP contribution < -0.4 is 4.90 Å². The van der Waals surface area contributed by atoms with E-state index in [4.69, 9.17) is 11.6 Å². The third-order valence-corrected chi connectivity index (χ3v) is 4.27. The van der Waals surface area contributed by atoms with Crippen molar-refractivity contribution < 1.29 is 9.59 Å². The Morgan fingerprint density at radius 1 is 1.13 bits per heavy atom. The predicted octanol–water partition coefficient (Wildman–Crippen LogP) is 2.11. The van der Waals surface area contributed by atoms with Gasteiger partial charge in [-0.3, -0.25) is 9.59 Å². The lowest BCUT2D eigenvalue weighted by Gasteiger charge is -2.33. The molecule has 0 spiro atoms. The third-order valence-electron chi connectivity index (χ3n) is 3.94. The highest BCUT2D eigenvalue weighted by Gasteiger charge is 2.20. The number of nitrogens with zero attached hydrogens (tertiary/aromatic N) is 3. The van der Waals surface area contributed by atoms with E-state index in [9.17, 15) is 9.59 Å². The van der Waals surface area contributed by atoms with E-state index in [1.165, 1.54) is 0 Å². The Kier molecular flexibility index (Phi) is 5.66. The minimum atomic E-state index is -0.0547. The fourth-order valence-corrected chi connectivity index (χ4v) is 2.68. The van der Waals surface area contributed by atoms with E-state index in [1.807, 2.05) is 37.2 Å². The van der Waals surface area contributed by atoms with Crippen molar-refractivity contribution in [3.63, 3.8) is 0 Å². The van der Waals surface area contributed by atoms with E-state index in [2.05, 4.69) is 0 Å². The average Bonchev–Trinajstić information content (AvgIpc) is 2.53. The van der Waals surface area contributed by atoms with Gasteiger partial charge >= 0.3 is 0 Å². The first-order valence-electron chi connectivity index (χ1n) is 7.58. The first kappa shape index (κ1) is 17.3. The molecule has 0 bridgehead atoms. The van der Waals surface area contributed by atoms with Crippen LogP contribution in [0.5, 0.6) is 0 Å². The van der Waals surface area contributed by atoms with Crippen LogP contribution in [0.2, 0.25) is 5.02 Å². The molecule has 1 aromatic carbocycles. The molecule has 0 radical (unpaired) electrons. The summed E-state index contributed by atoms with van der Waals surface area (Å²) >= 11 is 6.25. The summed E-state index contributed by atoms with van der Waals surface area (Å²) in [5.41, 5.74) is 1.83. The van der Waals surface area contributed by atoms with Gasteiger partial charge in [0.15, 0.2) is 0 Å². The van der Waals surface area contributed by atoms with Crippen LogP contribution in [0.1, 0.15) is 12.5 Å². The Morgan fingerprint density at radius 3 is 2.26 bits per heavy atom. The first-order chi connectivity index (χ1) is 10.9. The lowest BCUT2D eigenvalue weighted by atomic mass is 10.1. The summed E-state index contributed by atoms with van der Waals surface area (Å²) in [4.78, 5) is 29.0. The van der Waals surface area contributed by atoms with Gasteiger partial charge in [-0.05, 0) is 23.8 Å². The number of hydrogen-bond acceptors (Lipinski definition) is 3. The molecule has 5 nitrogen and oxygen atoms in total. The normalized spacial score (nSPS) is 15.1. The highest BCUT2D eigenvalue weighted by Crippen LogP contribution is 2.23. The molecule has 2 rings (SSSR count). The van der Waals surface area contributed by atoms with E-state index in [0.29, 0.717) is 31.2 Å². The SMILES string of the molecule is CC(=O)N1CCN(C(=O)C=Cc2ccc(N(C)C)cc2Cl)CC1. The molecule has 6 heteroatoms. The maximum atomic E-state index is 12.2. The van der Waals surface area contributed by atoms with Crippen LogP contribution >= 0.6 is 11.6 Å². The summed E-state index contributed by atoms with van der Waals surface area (Å²) in [6, 6.07) is 5.73. The number of carbonyl (C=O) groups excluding carboxylic acids is 2. The van der Waals surface area contributed by atoms with Gasteiger partial charge in [-0.1, -0.05) is 17.7 Å². The van der Waals surface area contributed by atoms with Crippen molar-refractivity contribution in [2.45, 2.75) is 6.92 Å². The van der Waals surface area contributed by atoms with Crippen molar-refractivity contribution in [3.05, 3.63) is 34.9 Å². The van der Waals surface area contributed by atoms with E-state index in [-0.39, 0.29) is 11.8 Å². The summed E-state index contributed by atoms with van der Waals surface area (Å²) < 4.78 is 0. The van der Waals surface area contributed by atoms with Crippen molar-refractivity contribution in [1.82, 2.24) is 9.80 Å². The van der Waals surface area contributed by atoms with Gasteiger partial charge < -0.3 is 14.7 Å². The molecule has 0 atom stereocenters. The van der Waals surface area contributed by atoms with Crippen molar-refractivity contribution >= 4 is 35.2 Å². The van der Waals surface area contributed by atoms with Crippen LogP contribution in [-0.2, 0) is 9.59 Å². The van der Waals surface area contributed by atoms with Crippen molar-refractivity contribution in [2.24, 2.45) is 0 Å². The number of halogens is 1. The predicted molar refractivity (Wildman–Crippen MR) is 93.6 cm³/mol. The maximum absolute atomic E-state index is 12.2. The van der Waals surface area contributed by atoms with Crippen LogP contribution in [0, 0.1) is 0 Å². The van der Waals surface area contributed by atoms with Crippen LogP contribution in [-0.4, -0.2) is 61.9 Å². The minimum absolute atomic E-state index is 0.0547. The van der Waals surface area contributed by atoms with Crippen molar-refractivity contribution in [2.75, 3.05) is 45.2 Å². The summed E-state index contributed by atoms with van der Waals surface area (Å²) in [5, 5.41) is 0.613. The molecule has 0 aliphatic carbocycles. The highest BCUT2D eigenvalue weighted by atomic mass is 35.5. The number of carbonyl (C=O) groups is 2. The fourth-order valence-electron chi connectivity index (χ4n) is 2.44. The number of piperazine rings is 1. The van der Waals surface area contributed by atoms with Gasteiger partial charge in [0.1, 0.15) is 0 Å². The van der Waals surface area contributed by atoms with Crippen molar-refractivity contribution in [3.8, 4) is 0 Å². The number of anilines is 1. The van der Waals surface area contributed by atoms with E-state index < -0.39 is 0 Å². The second-order valence-corrected chi connectivity index (χ2v) is 6.17. The third kappa shape index (κ3) is 4.48. The quantitative estimate of drug-likeness (QED) is 0.795. The second-order valence-electron chi connectivity index (χ2n) is 5.76. The Labute approximate surface area is 142 Å². The van der Waals surface area contributed by atoms with Gasteiger partial charge in [0, 0.05) is 64.0 Å². The average molecular weight is 336 g/mol. The van der Waals surface area contributed by atoms with E-state index in [0.717, 1.165) is 11.3 Å². The molecule has 0 saturated carbocycles. The largest absolute Gasteiger partial charge is 0.378 e. The Balaban J connectivity index is 1.98. The fraction of sp³-hybridized carbons (Fsp3) is 0.412. The lowest BCUT2D eigenvalue weighted by Crippen LogP contribution is -2.49. The molecule has 1 fully saturated rings. The molecule has 2 amide bonds. The molecule has 124 valence electrons. The lowest BCUT2D eigenvalue weighted by molar-refractivity contribution is -0.135. The van der Waals surface area contributed by atoms with Gasteiger partial charge in [-0.25, -0.2) is 0 Å². The van der Waals surface area contributed by atoms with Gasteiger partial charge in [-0.15, -0.1) is 0 Å². The molecular formula is C17H22ClN3O2. The molecule has 1 aromatic rings. The molecule has 1 aliphatic rings. The first-order valence-corrected chi connectivity index (χ1v) is 7.95. The van der Waals surface area contributed by atoms with Gasteiger partial charge in [0.25, 0.3) is 0 Å². The summed E-state index contributed by atoms with van der Waals surface area (Å²) in [6.07, 6.45) is 3.28. The monoisotopic (exact) mass is 335 g/mol. The number of amides is 2. The molecule has 23 heavy (non-hydrogen) atoms. The zero-order chi connectivity index (χ0) is 17.0. The van der Waals surface area contributed by atoms with Crippen LogP contribution in [0.3, 0.4) is 0 Å². The van der Waals surface area contributed by atoms with Crippen molar-refractivity contribution in [1.29, 1.82) is 0 Å². The van der Waals surface area contributed by atoms with E-state index in [1.54, 1.807) is 28.9 Å². The Morgan fingerprint density at radius 2 is 1.74 bits per heavy atom. The zero-order valence-corrected chi connectivity index (χ0v) is 14.5. The molecule has 1 aliphatic heterocycles. The number of hydrogen-bond donors (Lipinski definition) is 0. The smallest absolute Gasteiger partial charge is 0.246 e. The zero-order valence-electron chi connectivity index (χ0n) is 13.8. The van der Waals surface area contributed by atoms with Gasteiger partial charge in [-0.2, -0.15) is 0 Å². The summed E-state index contributed by atoms with van der Waals surface area (Å²) in [6.45, 7) is 3.86. The molecule has 1 heterocycles. The number of rotatable bonds is 3. The Bertz CT molecular complexity index is 620. The number of benzene rings is 1. The Hall–Kier alpha value is -2.01. The van der Waals surface area contributed by atoms with Gasteiger partial charge in [0.05, 0.1) is 0 Å². The molecule has 0 aromatic heterocycles. The standard InChI is InChI=1S/C17H22ClN3O2/c1-13(22)20-8-10-21(11-9-20)17(23)7-5-14-4-6-15(19(2)3)12-16(14)18/h4-7,12H,8-11H2,1-3H3. The maximum Gasteiger partial charge on any atom is 0.246 e. The highest BCUT2D eigenvalue weighted by molar-refractivity contribution is 6.32. The summed E-state index contributed by atoms with van der Waals surface area (Å²) in [7, 11) is 3.90.